The highest BCUT2D eigenvalue weighted by Crippen LogP contribution is 2.52. The normalized spacial score (nSPS) is 20.2. The van der Waals surface area contributed by atoms with Gasteiger partial charge in [-0.3, -0.25) is 9.36 Å². The molecule has 2 aliphatic heterocycles. The van der Waals surface area contributed by atoms with Gasteiger partial charge in [0.2, 0.25) is 0 Å². The number of hydrogen-bond acceptors (Lipinski definition) is 7. The fourth-order valence-electron chi connectivity index (χ4n) is 6.76. The van der Waals surface area contributed by atoms with Crippen LogP contribution in [0.2, 0.25) is 0 Å². The number of halogens is 1. The van der Waals surface area contributed by atoms with Crippen LogP contribution in [-0.2, 0) is 19.4 Å². The van der Waals surface area contributed by atoms with Crippen molar-refractivity contribution in [2.45, 2.75) is 51.6 Å². The van der Waals surface area contributed by atoms with E-state index in [2.05, 4.69) is 9.88 Å². The molecule has 1 saturated heterocycles. The fourth-order valence-corrected chi connectivity index (χ4v) is 6.76. The lowest BCUT2D eigenvalue weighted by Crippen LogP contribution is -2.69. The van der Waals surface area contributed by atoms with Crippen LogP contribution in [0.1, 0.15) is 41.9 Å². The molecule has 38 heavy (non-hydrogen) atoms. The molecular weight excluding hydrogens is 483 g/mol. The van der Waals surface area contributed by atoms with Crippen LogP contribution >= 0.6 is 0 Å². The molecule has 2 N–H and O–H groups in total. The average Bonchev–Trinajstić information content (AvgIpc) is 3.48. The van der Waals surface area contributed by atoms with Crippen molar-refractivity contribution < 1.29 is 9.13 Å². The summed E-state index contributed by atoms with van der Waals surface area (Å²) in [5.74, 6) is 1.83. The molecule has 2 aromatic heterocycles. The monoisotopic (exact) mass is 510 g/mol. The van der Waals surface area contributed by atoms with Crippen molar-refractivity contribution >= 4 is 16.7 Å². The summed E-state index contributed by atoms with van der Waals surface area (Å²) < 4.78 is 22.4. The van der Waals surface area contributed by atoms with Crippen molar-refractivity contribution in [2.75, 3.05) is 18.0 Å². The zero-order valence-corrected chi connectivity index (χ0v) is 21.1. The molecule has 1 saturated carbocycles. The Hall–Kier alpha value is -3.85. The SMILES string of the molecule is Cc1cc(F)cc2c1Cc1nc(Oc3ccc4nc5n(c(=O)c4c3)CCC5)nc(N3CC4(CC[C@H]4N)C3)c1-2. The second-order valence-electron chi connectivity index (χ2n) is 11.3. The Labute approximate surface area is 218 Å². The van der Waals surface area contributed by atoms with E-state index in [1.54, 1.807) is 28.8 Å². The lowest BCUT2D eigenvalue weighted by Gasteiger charge is -2.60. The van der Waals surface area contributed by atoms with Crippen molar-refractivity contribution in [3.63, 3.8) is 0 Å². The summed E-state index contributed by atoms with van der Waals surface area (Å²) in [6.45, 7) is 4.28. The Bertz CT molecular complexity index is 1740. The smallest absolute Gasteiger partial charge is 0.324 e. The number of hydrogen-bond donors (Lipinski definition) is 1. The molecule has 192 valence electrons. The van der Waals surface area contributed by atoms with Gasteiger partial charge in [-0.2, -0.15) is 9.97 Å². The summed E-state index contributed by atoms with van der Waals surface area (Å²) in [6, 6.07) is 8.94. The lowest BCUT2D eigenvalue weighted by atomic mass is 9.60. The number of nitrogens with zero attached hydrogens (tertiary/aromatic N) is 5. The van der Waals surface area contributed by atoms with E-state index >= 15 is 0 Å². The lowest BCUT2D eigenvalue weighted by molar-refractivity contribution is 0.0558. The number of anilines is 1. The van der Waals surface area contributed by atoms with Gasteiger partial charge in [-0.15, -0.1) is 0 Å². The zero-order valence-electron chi connectivity index (χ0n) is 21.1. The maximum Gasteiger partial charge on any atom is 0.324 e. The Morgan fingerprint density at radius 3 is 2.82 bits per heavy atom. The van der Waals surface area contributed by atoms with E-state index in [9.17, 15) is 9.18 Å². The predicted molar refractivity (Wildman–Crippen MR) is 141 cm³/mol. The van der Waals surface area contributed by atoms with Gasteiger partial charge in [-0.1, -0.05) is 0 Å². The maximum atomic E-state index is 14.5. The van der Waals surface area contributed by atoms with Gasteiger partial charge in [0.15, 0.2) is 0 Å². The molecule has 0 bridgehead atoms. The first-order chi connectivity index (χ1) is 18.4. The van der Waals surface area contributed by atoms with Crippen molar-refractivity contribution in [3.05, 3.63) is 69.1 Å². The van der Waals surface area contributed by atoms with Crippen LogP contribution in [0.3, 0.4) is 0 Å². The number of aromatic nitrogens is 4. The highest BCUT2D eigenvalue weighted by atomic mass is 19.1. The van der Waals surface area contributed by atoms with Crippen LogP contribution in [0.25, 0.3) is 22.0 Å². The van der Waals surface area contributed by atoms with Crippen LogP contribution in [0.4, 0.5) is 10.2 Å². The van der Waals surface area contributed by atoms with E-state index in [1.807, 2.05) is 13.0 Å². The summed E-state index contributed by atoms with van der Waals surface area (Å²) in [7, 11) is 0. The van der Waals surface area contributed by atoms with Crippen molar-refractivity contribution in [1.29, 1.82) is 0 Å². The van der Waals surface area contributed by atoms with Crippen LogP contribution in [0.15, 0.2) is 35.1 Å². The number of aryl methyl sites for hydroxylation is 2. The highest BCUT2D eigenvalue weighted by molar-refractivity contribution is 5.86. The standard InChI is InChI=1S/C29H27FN6O2/c1-15-9-16(30)10-19-18(15)12-22-25(19)26(35-13-29(14-35)7-6-23(29)31)34-28(33-22)38-17-4-5-21-20(11-17)27(37)36-8-2-3-24(36)32-21/h4-5,9-11,23H,2-3,6-8,12-14,31H2,1H3/t23-/m1/s1. The molecule has 0 radical (unpaired) electrons. The molecule has 8 nitrogen and oxygen atoms in total. The fraction of sp³-hybridized carbons (Fsp3) is 0.379. The number of nitrogens with two attached hydrogens (primary N) is 1. The summed E-state index contributed by atoms with van der Waals surface area (Å²) in [4.78, 5) is 29.6. The van der Waals surface area contributed by atoms with Gasteiger partial charge < -0.3 is 15.4 Å². The molecular formula is C29H27FN6O2. The quantitative estimate of drug-likeness (QED) is 0.393. The molecule has 2 fully saturated rings. The van der Waals surface area contributed by atoms with Crippen LogP contribution in [0.5, 0.6) is 11.8 Å². The third-order valence-corrected chi connectivity index (χ3v) is 9.04. The molecule has 0 unspecified atom stereocenters. The largest absolute Gasteiger partial charge is 0.424 e. The Balaban J connectivity index is 1.21. The minimum absolute atomic E-state index is 0.0424. The molecule has 2 aromatic carbocycles. The molecule has 4 aliphatic rings. The topological polar surface area (TPSA) is 99.2 Å². The highest BCUT2D eigenvalue weighted by Gasteiger charge is 2.54. The molecule has 4 aromatic rings. The van der Waals surface area contributed by atoms with Gasteiger partial charge in [0.05, 0.1) is 16.6 Å². The van der Waals surface area contributed by atoms with Gasteiger partial charge in [-0.25, -0.2) is 9.37 Å². The maximum absolute atomic E-state index is 14.5. The summed E-state index contributed by atoms with van der Waals surface area (Å²) in [5, 5.41) is 0.525. The molecule has 0 amide bonds. The van der Waals surface area contributed by atoms with Gasteiger partial charge in [-0.05, 0) is 73.2 Å². The van der Waals surface area contributed by atoms with Crippen molar-refractivity contribution in [2.24, 2.45) is 11.1 Å². The molecule has 9 heteroatoms. The second kappa shape index (κ2) is 7.60. The minimum atomic E-state index is -0.260. The van der Waals surface area contributed by atoms with Crippen molar-refractivity contribution in [1.82, 2.24) is 19.5 Å². The summed E-state index contributed by atoms with van der Waals surface area (Å²) in [6.07, 6.45) is 4.52. The Morgan fingerprint density at radius 1 is 1.16 bits per heavy atom. The third-order valence-electron chi connectivity index (χ3n) is 9.04. The molecule has 1 spiro atoms. The summed E-state index contributed by atoms with van der Waals surface area (Å²) >= 11 is 0. The Kier molecular flexibility index (Phi) is 4.43. The first kappa shape index (κ1) is 22.2. The molecule has 8 rings (SSSR count). The van der Waals surface area contributed by atoms with Crippen LogP contribution < -0.4 is 20.9 Å². The van der Waals surface area contributed by atoms with E-state index in [0.29, 0.717) is 29.6 Å². The van der Waals surface area contributed by atoms with Gasteiger partial charge >= 0.3 is 6.01 Å². The van der Waals surface area contributed by atoms with Gasteiger partial charge in [0.25, 0.3) is 5.56 Å². The van der Waals surface area contributed by atoms with E-state index in [4.69, 9.17) is 20.4 Å². The number of ether oxygens (including phenoxy) is 1. The number of benzene rings is 2. The third kappa shape index (κ3) is 3.05. The van der Waals surface area contributed by atoms with Crippen molar-refractivity contribution in [3.8, 4) is 22.9 Å². The molecule has 2 aliphatic carbocycles. The van der Waals surface area contributed by atoms with E-state index in [0.717, 1.165) is 78.4 Å². The first-order valence-corrected chi connectivity index (χ1v) is 13.3. The number of rotatable bonds is 3. The predicted octanol–water partition coefficient (Wildman–Crippen LogP) is 3.87. The average molecular weight is 511 g/mol. The van der Waals surface area contributed by atoms with E-state index < -0.39 is 0 Å². The number of fused-ring (bicyclic) bond motifs is 5. The van der Waals surface area contributed by atoms with E-state index in [-0.39, 0.29) is 28.8 Å². The van der Waals surface area contributed by atoms with Crippen LogP contribution in [0, 0.1) is 18.2 Å². The molecule has 4 heterocycles. The second-order valence-corrected chi connectivity index (χ2v) is 11.3. The molecule has 1 atom stereocenters. The van der Waals surface area contributed by atoms with Gasteiger partial charge in [0, 0.05) is 49.5 Å². The Morgan fingerprint density at radius 2 is 2.03 bits per heavy atom. The zero-order chi connectivity index (χ0) is 25.8. The van der Waals surface area contributed by atoms with Crippen LogP contribution in [-0.4, -0.2) is 38.7 Å². The summed E-state index contributed by atoms with van der Waals surface area (Å²) in [5.41, 5.74) is 11.7. The van der Waals surface area contributed by atoms with Gasteiger partial charge in [0.1, 0.15) is 23.2 Å². The van der Waals surface area contributed by atoms with E-state index in [1.165, 1.54) is 0 Å². The minimum Gasteiger partial charge on any atom is -0.424 e. The first-order valence-electron chi connectivity index (χ1n) is 13.3.